The summed E-state index contributed by atoms with van der Waals surface area (Å²) >= 11 is 3.50. The van der Waals surface area contributed by atoms with E-state index in [1.165, 1.54) is 6.07 Å². The third-order valence-corrected chi connectivity index (χ3v) is 6.02. The van der Waals surface area contributed by atoms with Gasteiger partial charge < -0.3 is 9.84 Å². The molecule has 0 heterocycles. The molecule has 7 heteroatoms. The highest BCUT2D eigenvalue weighted by molar-refractivity contribution is 9.10. The maximum Gasteiger partial charge on any atom is 0.312 e. The van der Waals surface area contributed by atoms with E-state index < -0.39 is 16.8 Å². The van der Waals surface area contributed by atoms with Gasteiger partial charge in [-0.2, -0.15) is 0 Å². The Balaban J connectivity index is 1.77. The summed E-state index contributed by atoms with van der Waals surface area (Å²) < 4.78 is 6.86. The van der Waals surface area contributed by atoms with Gasteiger partial charge in [-0.15, -0.1) is 0 Å². The van der Waals surface area contributed by atoms with Gasteiger partial charge in [-0.25, -0.2) is 0 Å². The number of aryl methyl sites for hydroxylation is 1. The van der Waals surface area contributed by atoms with Gasteiger partial charge in [0.1, 0.15) is 5.75 Å². The van der Waals surface area contributed by atoms with E-state index in [2.05, 4.69) is 15.9 Å². The monoisotopic (exact) mass is 467 g/mol. The lowest BCUT2D eigenvalue weighted by Crippen LogP contribution is -2.22. The van der Waals surface area contributed by atoms with Crippen molar-refractivity contribution < 1.29 is 19.6 Å². The highest BCUT2D eigenvalue weighted by atomic mass is 79.9. The van der Waals surface area contributed by atoms with Gasteiger partial charge in [-0.3, -0.25) is 14.9 Å². The normalized spacial score (nSPS) is 15.3. The van der Waals surface area contributed by atoms with Gasteiger partial charge in [0.15, 0.2) is 0 Å². The minimum atomic E-state index is -0.804. The maximum atomic E-state index is 11.7. The third-order valence-electron chi connectivity index (χ3n) is 5.33. The highest BCUT2D eigenvalue weighted by Crippen LogP contribution is 2.43. The van der Waals surface area contributed by atoms with Crippen molar-refractivity contribution in [1.82, 2.24) is 0 Å². The van der Waals surface area contributed by atoms with Crippen molar-refractivity contribution >= 4 is 27.6 Å². The topological polar surface area (TPSA) is 89.7 Å². The number of hydrogen-bond donors (Lipinski definition) is 1. The summed E-state index contributed by atoms with van der Waals surface area (Å²) in [5.41, 5.74) is 3.24. The van der Waals surface area contributed by atoms with Crippen molar-refractivity contribution in [1.29, 1.82) is 0 Å². The van der Waals surface area contributed by atoms with E-state index in [9.17, 15) is 20.0 Å². The number of hydrogen-bond acceptors (Lipinski definition) is 4. The van der Waals surface area contributed by atoms with Gasteiger partial charge >= 0.3 is 11.7 Å². The van der Waals surface area contributed by atoms with Crippen molar-refractivity contribution in [3.63, 3.8) is 0 Å². The molecule has 0 aromatic heterocycles. The summed E-state index contributed by atoms with van der Waals surface area (Å²) in [4.78, 5) is 22.6. The lowest BCUT2D eigenvalue weighted by atomic mass is 9.84. The number of halogens is 1. The molecule has 6 nitrogen and oxygen atoms in total. The van der Waals surface area contributed by atoms with E-state index in [1.54, 1.807) is 24.3 Å². The zero-order valence-corrected chi connectivity index (χ0v) is 17.5. The molecule has 3 aromatic carbocycles. The van der Waals surface area contributed by atoms with Crippen molar-refractivity contribution in [2.45, 2.75) is 19.3 Å². The van der Waals surface area contributed by atoms with E-state index in [1.807, 2.05) is 30.3 Å². The first kappa shape index (κ1) is 20.1. The fourth-order valence-corrected chi connectivity index (χ4v) is 4.29. The first-order chi connectivity index (χ1) is 14.4. The number of nitrogens with zero attached hydrogens (tertiary/aromatic N) is 1. The first-order valence-electron chi connectivity index (χ1n) is 9.49. The van der Waals surface area contributed by atoms with Crippen LogP contribution >= 0.6 is 15.9 Å². The lowest BCUT2D eigenvalue weighted by molar-refractivity contribution is -0.385. The summed E-state index contributed by atoms with van der Waals surface area (Å²) in [7, 11) is 0. The highest BCUT2D eigenvalue weighted by Gasteiger charge is 2.26. The van der Waals surface area contributed by atoms with Gasteiger partial charge in [-0.1, -0.05) is 52.3 Å². The first-order valence-corrected chi connectivity index (χ1v) is 10.3. The number of aliphatic carboxylic acids is 1. The number of para-hydroxylation sites is 1. The Morgan fingerprint density at radius 1 is 1.07 bits per heavy atom. The van der Waals surface area contributed by atoms with Crippen LogP contribution in [0.4, 0.5) is 5.69 Å². The summed E-state index contributed by atoms with van der Waals surface area (Å²) in [5.74, 6) is -0.626. The molecule has 1 aliphatic carbocycles. The molecule has 0 aliphatic heterocycles. The lowest BCUT2D eigenvalue weighted by Gasteiger charge is -2.22. The van der Waals surface area contributed by atoms with E-state index in [0.29, 0.717) is 30.6 Å². The van der Waals surface area contributed by atoms with E-state index >= 15 is 0 Å². The molecule has 0 fully saturated rings. The molecule has 3 aromatic rings. The van der Waals surface area contributed by atoms with Gasteiger partial charge in [0, 0.05) is 16.1 Å². The Morgan fingerprint density at radius 2 is 1.83 bits per heavy atom. The number of carbonyl (C=O) groups is 1. The molecule has 1 atom stereocenters. The fourth-order valence-electron chi connectivity index (χ4n) is 3.79. The Bertz CT molecular complexity index is 1140. The van der Waals surface area contributed by atoms with Crippen LogP contribution in [-0.2, 0) is 17.6 Å². The van der Waals surface area contributed by atoms with Gasteiger partial charge in [0.2, 0.25) is 5.75 Å². The predicted octanol–water partition coefficient (Wildman–Crippen LogP) is 6.01. The number of fused-ring (bicyclic) bond motifs is 1. The van der Waals surface area contributed by atoms with E-state index in [-0.39, 0.29) is 11.4 Å². The number of nitro groups is 1. The molecule has 0 bridgehead atoms. The molecule has 1 aliphatic rings. The number of carboxylic acids is 1. The summed E-state index contributed by atoms with van der Waals surface area (Å²) in [6, 6.07) is 17.8. The van der Waals surface area contributed by atoms with Crippen LogP contribution < -0.4 is 4.74 Å². The molecule has 0 spiro atoms. The fraction of sp³-hybridized carbons (Fsp3) is 0.174. The standard InChI is InChI=1S/C23H18BrNO5/c24-20-6-2-1-4-18(20)19-5-3-7-21(25(28)29)22(19)30-17-11-10-14-8-9-15(23(26)27)12-16(14)13-17/h1-7,10-11,13,15H,8-9,12H2,(H,26,27). The molecule has 0 radical (unpaired) electrons. The van der Waals surface area contributed by atoms with E-state index in [4.69, 9.17) is 4.74 Å². The van der Waals surface area contributed by atoms with Crippen molar-refractivity contribution in [3.8, 4) is 22.6 Å². The molecule has 30 heavy (non-hydrogen) atoms. The Hall–Kier alpha value is -3.19. The molecule has 4 rings (SSSR count). The van der Waals surface area contributed by atoms with E-state index in [0.717, 1.165) is 21.2 Å². The Kier molecular flexibility index (Phi) is 5.55. The quantitative estimate of drug-likeness (QED) is 0.366. The molecular weight excluding hydrogens is 450 g/mol. The van der Waals surface area contributed by atoms with Gasteiger partial charge in [-0.05, 0) is 54.2 Å². The van der Waals surface area contributed by atoms with Crippen molar-refractivity contribution in [2.24, 2.45) is 5.92 Å². The third kappa shape index (κ3) is 3.93. The van der Waals surface area contributed by atoms with Crippen LogP contribution in [0.15, 0.2) is 65.1 Å². The molecule has 1 unspecified atom stereocenters. The predicted molar refractivity (Wildman–Crippen MR) is 116 cm³/mol. The van der Waals surface area contributed by atoms with Crippen LogP contribution in [0, 0.1) is 16.0 Å². The Labute approximate surface area is 181 Å². The number of nitro benzene ring substituents is 1. The van der Waals surface area contributed by atoms with Crippen LogP contribution in [0.1, 0.15) is 17.5 Å². The van der Waals surface area contributed by atoms with Crippen LogP contribution in [0.5, 0.6) is 11.5 Å². The summed E-state index contributed by atoms with van der Waals surface area (Å²) in [6.07, 6.45) is 1.73. The molecule has 0 saturated heterocycles. The molecule has 0 amide bonds. The van der Waals surface area contributed by atoms with Crippen LogP contribution in [-0.4, -0.2) is 16.0 Å². The number of ether oxygens (including phenoxy) is 1. The smallest absolute Gasteiger partial charge is 0.312 e. The van der Waals surface area contributed by atoms with Crippen LogP contribution in [0.25, 0.3) is 11.1 Å². The minimum Gasteiger partial charge on any atom is -0.481 e. The van der Waals surface area contributed by atoms with Crippen molar-refractivity contribution in [2.75, 3.05) is 0 Å². The van der Waals surface area contributed by atoms with Gasteiger partial charge in [0.05, 0.1) is 10.8 Å². The minimum absolute atomic E-state index is 0.135. The second-order valence-corrected chi connectivity index (χ2v) is 8.06. The number of rotatable bonds is 5. The average molecular weight is 468 g/mol. The zero-order valence-electron chi connectivity index (χ0n) is 15.9. The second kappa shape index (κ2) is 8.28. The SMILES string of the molecule is O=C(O)C1CCc2ccc(Oc3c(-c4ccccc4Br)cccc3[N+](=O)[O-])cc2C1. The van der Waals surface area contributed by atoms with Crippen molar-refractivity contribution in [3.05, 3.63) is 86.4 Å². The molecule has 0 saturated carbocycles. The maximum absolute atomic E-state index is 11.7. The van der Waals surface area contributed by atoms with Gasteiger partial charge in [0.25, 0.3) is 0 Å². The molecular formula is C23H18BrNO5. The second-order valence-electron chi connectivity index (χ2n) is 7.20. The molecule has 152 valence electrons. The van der Waals surface area contributed by atoms with Crippen LogP contribution in [0.2, 0.25) is 0 Å². The Morgan fingerprint density at radius 3 is 2.57 bits per heavy atom. The largest absolute Gasteiger partial charge is 0.481 e. The zero-order chi connectivity index (χ0) is 21.3. The number of benzene rings is 3. The average Bonchev–Trinajstić information content (AvgIpc) is 2.73. The summed E-state index contributed by atoms with van der Waals surface area (Å²) in [5, 5.41) is 21.0. The molecule has 1 N–H and O–H groups in total. The van der Waals surface area contributed by atoms with Crippen LogP contribution in [0.3, 0.4) is 0 Å². The summed E-state index contributed by atoms with van der Waals surface area (Å²) in [6.45, 7) is 0. The number of carboxylic acid groups (broad SMARTS) is 1.